The van der Waals surface area contributed by atoms with Gasteiger partial charge in [0.05, 0.1) is 9.71 Å². The molecule has 7 heteroatoms. The van der Waals surface area contributed by atoms with Crippen molar-refractivity contribution in [1.82, 2.24) is 14.8 Å². The number of nitrogens with zero attached hydrogens (tertiary/aromatic N) is 4. The molecule has 0 unspecified atom stereocenters. The van der Waals surface area contributed by atoms with E-state index in [1.54, 1.807) is 7.05 Å². The molecule has 0 aliphatic rings. The van der Waals surface area contributed by atoms with Crippen LogP contribution in [0.3, 0.4) is 0 Å². The molecule has 0 fully saturated rings. The maximum absolute atomic E-state index is 12.9. The maximum atomic E-state index is 12.9. The second-order valence-corrected chi connectivity index (χ2v) is 7.58. The van der Waals surface area contributed by atoms with Gasteiger partial charge in [0.15, 0.2) is 5.52 Å². The first-order valence-corrected chi connectivity index (χ1v) is 9.61. The monoisotopic (exact) mass is 390 g/mol. The third-order valence-corrected chi connectivity index (χ3v) is 5.43. The lowest BCUT2D eigenvalue weighted by molar-refractivity contribution is -0.119. The molecule has 0 bridgehead atoms. The maximum Gasteiger partial charge on any atom is 0.294 e. The van der Waals surface area contributed by atoms with E-state index in [4.69, 9.17) is 0 Å². The molecule has 140 valence electrons. The Morgan fingerprint density at radius 2 is 1.71 bits per heavy atom. The number of hydrogen-bond acceptors (Lipinski definition) is 5. The zero-order valence-electron chi connectivity index (χ0n) is 15.5. The normalized spacial score (nSPS) is 10.9. The van der Waals surface area contributed by atoms with Gasteiger partial charge in [0.25, 0.3) is 5.56 Å². The summed E-state index contributed by atoms with van der Waals surface area (Å²) in [6.07, 6.45) is 0. The first-order valence-electron chi connectivity index (χ1n) is 8.80. The summed E-state index contributed by atoms with van der Waals surface area (Å²) < 4.78 is 1.96. The molecule has 0 spiro atoms. The van der Waals surface area contributed by atoms with Crippen molar-refractivity contribution in [2.24, 2.45) is 0 Å². The van der Waals surface area contributed by atoms with E-state index in [9.17, 15) is 9.59 Å². The molecule has 0 radical (unpaired) electrons. The fourth-order valence-electron chi connectivity index (χ4n) is 2.99. The summed E-state index contributed by atoms with van der Waals surface area (Å²) in [6, 6.07) is 18.9. The molecule has 1 amide bonds. The Labute approximate surface area is 165 Å². The van der Waals surface area contributed by atoms with Gasteiger partial charge in [-0.1, -0.05) is 48.5 Å². The molecule has 2 aromatic carbocycles. The number of para-hydroxylation sites is 1. The first-order chi connectivity index (χ1) is 13.5. The molecule has 28 heavy (non-hydrogen) atoms. The molecule has 4 rings (SSSR count). The molecular weight excluding hydrogens is 372 g/mol. The van der Waals surface area contributed by atoms with E-state index in [0.29, 0.717) is 11.2 Å². The smallest absolute Gasteiger partial charge is 0.294 e. The number of carbonyl (C=O) groups is 1. The molecule has 0 saturated carbocycles. The summed E-state index contributed by atoms with van der Waals surface area (Å²) >= 11 is 1.44. The van der Waals surface area contributed by atoms with Crippen molar-refractivity contribution in [3.8, 4) is 11.3 Å². The Bertz CT molecular complexity index is 1200. The quantitative estimate of drug-likeness (QED) is 0.535. The highest BCUT2D eigenvalue weighted by Gasteiger charge is 2.19. The number of fused-ring (bicyclic) bond motifs is 1. The predicted molar refractivity (Wildman–Crippen MR) is 112 cm³/mol. The van der Waals surface area contributed by atoms with E-state index < -0.39 is 0 Å². The molecular formula is C21H18N4O2S. The van der Waals surface area contributed by atoms with Crippen LogP contribution in [0.4, 0.5) is 5.69 Å². The molecule has 0 saturated heterocycles. The summed E-state index contributed by atoms with van der Waals surface area (Å²) in [5.41, 5.74) is 2.31. The number of benzene rings is 2. The van der Waals surface area contributed by atoms with Gasteiger partial charge in [-0.3, -0.25) is 9.59 Å². The minimum absolute atomic E-state index is 0.156. The van der Waals surface area contributed by atoms with Gasteiger partial charge < -0.3 is 4.90 Å². The standard InChI is InChI=1S/C21H18N4O2S/c1-14-22-19-20(28-14)18(15-9-5-3-6-10-15)23-25(21(19)27)13-17(26)24(2)16-11-7-4-8-12-16/h3-12H,13H2,1-2H3. The average molecular weight is 390 g/mol. The van der Waals surface area contributed by atoms with Crippen LogP contribution in [-0.4, -0.2) is 27.7 Å². The van der Waals surface area contributed by atoms with Crippen molar-refractivity contribution < 1.29 is 4.79 Å². The average Bonchev–Trinajstić information content (AvgIpc) is 3.12. The number of carbonyl (C=O) groups excluding carboxylic acids is 1. The Kier molecular flexibility index (Phi) is 4.75. The van der Waals surface area contributed by atoms with Crippen molar-refractivity contribution in [1.29, 1.82) is 0 Å². The van der Waals surface area contributed by atoms with Crippen molar-refractivity contribution in [2.45, 2.75) is 13.5 Å². The molecule has 2 heterocycles. The summed E-state index contributed by atoms with van der Waals surface area (Å²) in [4.78, 5) is 31.6. The SMILES string of the molecule is Cc1nc2c(=O)n(CC(=O)N(C)c3ccccc3)nc(-c3ccccc3)c2s1. The molecule has 0 aliphatic heterocycles. The van der Waals surface area contributed by atoms with Gasteiger partial charge in [0.1, 0.15) is 12.2 Å². The van der Waals surface area contributed by atoms with E-state index in [1.807, 2.05) is 67.6 Å². The lowest BCUT2D eigenvalue weighted by Gasteiger charge is -2.17. The second-order valence-electron chi connectivity index (χ2n) is 6.38. The van der Waals surface area contributed by atoms with E-state index in [0.717, 1.165) is 21.0 Å². The second kappa shape index (κ2) is 7.36. The number of amides is 1. The van der Waals surface area contributed by atoms with Gasteiger partial charge in [-0.2, -0.15) is 5.10 Å². The lowest BCUT2D eigenvalue weighted by Crippen LogP contribution is -2.35. The van der Waals surface area contributed by atoms with Crippen LogP contribution in [0.15, 0.2) is 65.5 Å². The van der Waals surface area contributed by atoms with Gasteiger partial charge in [0.2, 0.25) is 5.91 Å². The molecule has 0 aliphatic carbocycles. The number of aryl methyl sites for hydroxylation is 1. The predicted octanol–water partition coefficient (Wildman–Crippen LogP) is 3.49. The van der Waals surface area contributed by atoms with Gasteiger partial charge in [-0.15, -0.1) is 11.3 Å². The van der Waals surface area contributed by atoms with Crippen LogP contribution in [0.1, 0.15) is 5.01 Å². The van der Waals surface area contributed by atoms with Crippen molar-refractivity contribution in [3.63, 3.8) is 0 Å². The molecule has 6 nitrogen and oxygen atoms in total. The van der Waals surface area contributed by atoms with E-state index in [1.165, 1.54) is 20.9 Å². The van der Waals surface area contributed by atoms with Crippen LogP contribution in [0.5, 0.6) is 0 Å². The largest absolute Gasteiger partial charge is 0.314 e. The molecule has 0 N–H and O–H groups in total. The van der Waals surface area contributed by atoms with Gasteiger partial charge in [-0.05, 0) is 19.1 Å². The number of hydrogen-bond donors (Lipinski definition) is 0. The number of likely N-dealkylation sites (N-methyl/N-ethyl adjacent to an activating group) is 1. The van der Waals surface area contributed by atoms with Crippen LogP contribution in [0, 0.1) is 6.92 Å². The fraction of sp³-hybridized carbons (Fsp3) is 0.143. The van der Waals surface area contributed by atoms with Gasteiger partial charge in [0, 0.05) is 18.3 Å². The summed E-state index contributed by atoms with van der Waals surface area (Å²) in [5.74, 6) is -0.230. The number of anilines is 1. The van der Waals surface area contributed by atoms with Gasteiger partial charge >= 0.3 is 0 Å². The number of aromatic nitrogens is 3. The van der Waals surface area contributed by atoms with Gasteiger partial charge in [-0.25, -0.2) is 9.67 Å². The lowest BCUT2D eigenvalue weighted by atomic mass is 10.1. The van der Waals surface area contributed by atoms with Crippen LogP contribution in [0.25, 0.3) is 21.5 Å². The van der Waals surface area contributed by atoms with Crippen LogP contribution in [0.2, 0.25) is 0 Å². The number of thiazole rings is 1. The highest BCUT2D eigenvalue weighted by atomic mass is 32.1. The van der Waals surface area contributed by atoms with Crippen molar-refractivity contribution in [3.05, 3.63) is 76.0 Å². The highest BCUT2D eigenvalue weighted by molar-refractivity contribution is 7.19. The third-order valence-electron chi connectivity index (χ3n) is 4.46. The zero-order valence-corrected chi connectivity index (χ0v) is 16.3. The zero-order chi connectivity index (χ0) is 19.7. The van der Waals surface area contributed by atoms with E-state index >= 15 is 0 Å². The molecule has 0 atom stereocenters. The minimum atomic E-state index is -0.353. The van der Waals surface area contributed by atoms with E-state index in [2.05, 4.69) is 10.1 Å². The fourth-order valence-corrected chi connectivity index (χ4v) is 3.91. The Morgan fingerprint density at radius 1 is 1.07 bits per heavy atom. The van der Waals surface area contributed by atoms with Crippen LogP contribution < -0.4 is 10.5 Å². The van der Waals surface area contributed by atoms with Crippen LogP contribution in [-0.2, 0) is 11.3 Å². The topological polar surface area (TPSA) is 68.1 Å². The highest BCUT2D eigenvalue weighted by Crippen LogP contribution is 2.29. The minimum Gasteiger partial charge on any atom is -0.314 e. The Balaban J connectivity index is 1.78. The molecule has 4 aromatic rings. The summed E-state index contributed by atoms with van der Waals surface area (Å²) in [5, 5.41) is 5.32. The van der Waals surface area contributed by atoms with Crippen molar-refractivity contribution in [2.75, 3.05) is 11.9 Å². The first kappa shape index (κ1) is 18.1. The Morgan fingerprint density at radius 3 is 2.39 bits per heavy atom. The Hall–Kier alpha value is -3.32. The van der Waals surface area contributed by atoms with Crippen LogP contribution >= 0.6 is 11.3 Å². The van der Waals surface area contributed by atoms with Crippen molar-refractivity contribution >= 4 is 33.1 Å². The number of rotatable bonds is 4. The summed E-state index contributed by atoms with van der Waals surface area (Å²) in [7, 11) is 1.69. The summed E-state index contributed by atoms with van der Waals surface area (Å²) in [6.45, 7) is 1.70. The molecule has 2 aromatic heterocycles. The third kappa shape index (κ3) is 3.32. The van der Waals surface area contributed by atoms with E-state index in [-0.39, 0.29) is 18.0 Å².